The fourth-order valence-corrected chi connectivity index (χ4v) is 2.12. The number of hydrogen-bond donors (Lipinski definition) is 0. The van der Waals surface area contributed by atoms with Gasteiger partial charge in [0.05, 0.1) is 19.8 Å². The van der Waals surface area contributed by atoms with Gasteiger partial charge in [0.1, 0.15) is 11.5 Å². The molecule has 0 N–H and O–H groups in total. The van der Waals surface area contributed by atoms with Crippen LogP contribution in [0, 0.1) is 0 Å². The van der Waals surface area contributed by atoms with Gasteiger partial charge in [-0.1, -0.05) is 13.3 Å². The molecular formula is C15H22ClNO3. The van der Waals surface area contributed by atoms with E-state index in [4.69, 9.17) is 21.1 Å². The van der Waals surface area contributed by atoms with E-state index >= 15 is 0 Å². The Balaban J connectivity index is 2.97. The van der Waals surface area contributed by atoms with E-state index in [0.29, 0.717) is 36.0 Å². The number of nitrogens with zero attached hydrogens (tertiary/aromatic N) is 1. The van der Waals surface area contributed by atoms with Crippen LogP contribution in [-0.4, -0.2) is 44.0 Å². The van der Waals surface area contributed by atoms with Gasteiger partial charge < -0.3 is 14.4 Å². The van der Waals surface area contributed by atoms with E-state index in [1.165, 1.54) is 0 Å². The van der Waals surface area contributed by atoms with Crippen LogP contribution >= 0.6 is 11.6 Å². The summed E-state index contributed by atoms with van der Waals surface area (Å²) in [5.41, 5.74) is 0.537. The van der Waals surface area contributed by atoms with Crippen LogP contribution in [-0.2, 0) is 0 Å². The Morgan fingerprint density at radius 1 is 1.25 bits per heavy atom. The van der Waals surface area contributed by atoms with Crippen molar-refractivity contribution in [2.75, 3.05) is 33.2 Å². The van der Waals surface area contributed by atoms with Crippen LogP contribution in [0.25, 0.3) is 0 Å². The molecule has 20 heavy (non-hydrogen) atoms. The lowest BCUT2D eigenvalue weighted by atomic mass is 10.1. The van der Waals surface area contributed by atoms with Crippen molar-refractivity contribution in [3.8, 4) is 11.5 Å². The number of alkyl halides is 1. The highest BCUT2D eigenvalue weighted by molar-refractivity contribution is 6.18. The second kappa shape index (κ2) is 8.69. The molecule has 1 rings (SSSR count). The number of amides is 1. The maximum atomic E-state index is 12.6. The second-order valence-corrected chi connectivity index (χ2v) is 4.78. The van der Waals surface area contributed by atoms with Gasteiger partial charge in [-0.3, -0.25) is 4.79 Å². The monoisotopic (exact) mass is 299 g/mol. The summed E-state index contributed by atoms with van der Waals surface area (Å²) in [5, 5.41) is 0. The van der Waals surface area contributed by atoms with E-state index in [1.807, 2.05) is 0 Å². The Morgan fingerprint density at radius 2 is 2.00 bits per heavy atom. The number of rotatable bonds is 8. The first kappa shape index (κ1) is 16.6. The molecule has 0 saturated carbocycles. The summed E-state index contributed by atoms with van der Waals surface area (Å²) < 4.78 is 10.4. The van der Waals surface area contributed by atoms with E-state index in [2.05, 4.69) is 6.92 Å². The van der Waals surface area contributed by atoms with E-state index in [0.717, 1.165) is 12.8 Å². The zero-order valence-electron chi connectivity index (χ0n) is 12.3. The number of methoxy groups -OCH3 is 2. The molecule has 112 valence electrons. The number of ether oxygens (including phenoxy) is 2. The molecule has 0 unspecified atom stereocenters. The number of carbonyl (C=O) groups is 1. The van der Waals surface area contributed by atoms with Crippen molar-refractivity contribution in [1.82, 2.24) is 4.90 Å². The molecule has 1 aromatic rings. The molecule has 0 aliphatic carbocycles. The van der Waals surface area contributed by atoms with Crippen molar-refractivity contribution < 1.29 is 14.3 Å². The van der Waals surface area contributed by atoms with Gasteiger partial charge in [-0.2, -0.15) is 0 Å². The molecule has 0 saturated heterocycles. The Kier molecular flexibility index (Phi) is 7.23. The van der Waals surface area contributed by atoms with Crippen LogP contribution in [0.5, 0.6) is 11.5 Å². The number of benzene rings is 1. The highest BCUT2D eigenvalue weighted by Gasteiger charge is 2.19. The van der Waals surface area contributed by atoms with Crippen molar-refractivity contribution in [2.24, 2.45) is 0 Å². The minimum Gasteiger partial charge on any atom is -0.497 e. The Bertz CT molecular complexity index is 437. The van der Waals surface area contributed by atoms with E-state index in [9.17, 15) is 4.79 Å². The molecule has 5 heteroatoms. The van der Waals surface area contributed by atoms with Crippen molar-refractivity contribution in [1.29, 1.82) is 0 Å². The van der Waals surface area contributed by atoms with Gasteiger partial charge in [-0.15, -0.1) is 11.6 Å². The lowest BCUT2D eigenvalue weighted by Gasteiger charge is -2.22. The molecule has 0 aromatic heterocycles. The Morgan fingerprint density at radius 3 is 2.55 bits per heavy atom. The molecule has 1 amide bonds. The third-order valence-electron chi connectivity index (χ3n) is 3.06. The predicted molar refractivity (Wildman–Crippen MR) is 81.1 cm³/mol. The zero-order valence-corrected chi connectivity index (χ0v) is 13.1. The number of halogens is 1. The van der Waals surface area contributed by atoms with Crippen molar-refractivity contribution >= 4 is 17.5 Å². The number of carbonyl (C=O) groups excluding carboxylic acids is 1. The minimum atomic E-state index is -0.0568. The average molecular weight is 300 g/mol. The highest BCUT2D eigenvalue weighted by atomic mass is 35.5. The molecule has 0 fully saturated rings. The Labute approximate surface area is 125 Å². The number of unbranched alkanes of at least 4 members (excludes halogenated alkanes) is 1. The second-order valence-electron chi connectivity index (χ2n) is 4.40. The largest absolute Gasteiger partial charge is 0.497 e. The first-order valence-electron chi connectivity index (χ1n) is 6.75. The third-order valence-corrected chi connectivity index (χ3v) is 3.23. The highest BCUT2D eigenvalue weighted by Crippen LogP contribution is 2.25. The maximum absolute atomic E-state index is 12.6. The third kappa shape index (κ3) is 4.30. The Hall–Kier alpha value is -1.42. The summed E-state index contributed by atoms with van der Waals surface area (Å²) in [6.45, 7) is 3.34. The van der Waals surface area contributed by atoms with Gasteiger partial charge in [0.2, 0.25) is 0 Å². The van der Waals surface area contributed by atoms with Gasteiger partial charge in [0.15, 0.2) is 0 Å². The van der Waals surface area contributed by atoms with Crippen molar-refractivity contribution in [3.05, 3.63) is 23.8 Å². The van der Waals surface area contributed by atoms with Crippen LogP contribution in [0.2, 0.25) is 0 Å². The molecule has 0 heterocycles. The van der Waals surface area contributed by atoms with E-state index in [1.54, 1.807) is 37.3 Å². The van der Waals surface area contributed by atoms with E-state index in [-0.39, 0.29) is 5.91 Å². The lowest BCUT2D eigenvalue weighted by Crippen LogP contribution is -2.33. The lowest BCUT2D eigenvalue weighted by molar-refractivity contribution is 0.0760. The van der Waals surface area contributed by atoms with Crippen LogP contribution in [0.1, 0.15) is 30.1 Å². The van der Waals surface area contributed by atoms with Gasteiger partial charge in [-0.05, 0) is 18.6 Å². The quantitative estimate of drug-likeness (QED) is 0.692. The molecule has 0 bridgehead atoms. The van der Waals surface area contributed by atoms with Crippen LogP contribution in [0.3, 0.4) is 0 Å². The van der Waals surface area contributed by atoms with Gasteiger partial charge in [0.25, 0.3) is 5.91 Å². The molecule has 0 radical (unpaired) electrons. The summed E-state index contributed by atoms with van der Waals surface area (Å²) in [7, 11) is 3.13. The fourth-order valence-electron chi connectivity index (χ4n) is 1.91. The number of hydrogen-bond acceptors (Lipinski definition) is 3. The maximum Gasteiger partial charge on any atom is 0.257 e. The van der Waals surface area contributed by atoms with Gasteiger partial charge in [0, 0.05) is 25.0 Å². The molecule has 0 aliphatic heterocycles. The summed E-state index contributed by atoms with van der Waals surface area (Å²) in [4.78, 5) is 14.3. The summed E-state index contributed by atoms with van der Waals surface area (Å²) in [6.07, 6.45) is 1.99. The zero-order chi connectivity index (χ0) is 15.0. The molecule has 0 aliphatic rings. The van der Waals surface area contributed by atoms with Crippen LogP contribution < -0.4 is 9.47 Å². The average Bonchev–Trinajstić information content (AvgIpc) is 2.50. The molecule has 0 atom stereocenters. The standard InChI is InChI=1S/C15H22ClNO3/c1-4-5-9-17(10-8-16)15(18)13-7-6-12(19-2)11-14(13)20-3/h6-7,11H,4-5,8-10H2,1-3H3. The first-order chi connectivity index (χ1) is 9.67. The molecule has 0 spiro atoms. The smallest absolute Gasteiger partial charge is 0.257 e. The van der Waals surface area contributed by atoms with Gasteiger partial charge in [-0.25, -0.2) is 0 Å². The molecule has 4 nitrogen and oxygen atoms in total. The normalized spacial score (nSPS) is 10.2. The molecular weight excluding hydrogens is 278 g/mol. The summed E-state index contributed by atoms with van der Waals surface area (Å²) in [5.74, 6) is 1.55. The van der Waals surface area contributed by atoms with Crippen molar-refractivity contribution in [2.45, 2.75) is 19.8 Å². The first-order valence-corrected chi connectivity index (χ1v) is 7.28. The summed E-state index contributed by atoms with van der Waals surface area (Å²) >= 11 is 5.78. The van der Waals surface area contributed by atoms with Crippen molar-refractivity contribution in [3.63, 3.8) is 0 Å². The minimum absolute atomic E-state index is 0.0568. The van der Waals surface area contributed by atoms with Crippen LogP contribution in [0.4, 0.5) is 0 Å². The van der Waals surface area contributed by atoms with Crippen LogP contribution in [0.15, 0.2) is 18.2 Å². The fraction of sp³-hybridized carbons (Fsp3) is 0.533. The molecule has 1 aromatic carbocycles. The predicted octanol–water partition coefficient (Wildman–Crippen LogP) is 3.18. The van der Waals surface area contributed by atoms with Gasteiger partial charge >= 0.3 is 0 Å². The topological polar surface area (TPSA) is 38.8 Å². The summed E-state index contributed by atoms with van der Waals surface area (Å²) in [6, 6.07) is 5.20. The van der Waals surface area contributed by atoms with E-state index < -0.39 is 0 Å². The SMILES string of the molecule is CCCCN(CCCl)C(=O)c1ccc(OC)cc1OC.